The van der Waals surface area contributed by atoms with E-state index in [1.807, 2.05) is 10.9 Å². The summed E-state index contributed by atoms with van der Waals surface area (Å²) in [5, 5.41) is 17.9. The first-order valence-corrected chi connectivity index (χ1v) is 9.68. The molecule has 1 fully saturated rings. The van der Waals surface area contributed by atoms with Crippen LogP contribution >= 0.6 is 0 Å². The first kappa shape index (κ1) is 19.2. The molecule has 0 bridgehead atoms. The minimum absolute atomic E-state index is 0.207. The van der Waals surface area contributed by atoms with Gasteiger partial charge in [0.1, 0.15) is 11.4 Å². The average molecular weight is 396 g/mol. The smallest absolute Gasteiger partial charge is 0.274 e. The number of amides is 1. The minimum atomic E-state index is -0.416. The second-order valence-corrected chi connectivity index (χ2v) is 7.47. The molecular formula is C21H24N4O4. The van der Waals surface area contributed by atoms with E-state index < -0.39 is 5.91 Å². The number of aliphatic hydroxyl groups excluding tert-OH is 1. The molecule has 4 rings (SSSR count). The zero-order chi connectivity index (χ0) is 20.5. The highest BCUT2D eigenvalue weighted by Gasteiger charge is 2.23. The third kappa shape index (κ3) is 3.75. The van der Waals surface area contributed by atoms with Gasteiger partial charge in [-0.15, -0.1) is 0 Å². The van der Waals surface area contributed by atoms with Gasteiger partial charge in [0.15, 0.2) is 0 Å². The fourth-order valence-electron chi connectivity index (χ4n) is 3.81. The summed E-state index contributed by atoms with van der Waals surface area (Å²) in [5.74, 6) is -0.0207. The van der Waals surface area contributed by atoms with Gasteiger partial charge >= 0.3 is 0 Å². The number of aromatic nitrogens is 3. The Balaban J connectivity index is 1.65. The summed E-state index contributed by atoms with van der Waals surface area (Å²) < 4.78 is 8.73. The van der Waals surface area contributed by atoms with Crippen LogP contribution in [0.2, 0.25) is 0 Å². The van der Waals surface area contributed by atoms with Crippen LogP contribution in [-0.4, -0.2) is 38.6 Å². The van der Waals surface area contributed by atoms with Crippen molar-refractivity contribution in [3.63, 3.8) is 0 Å². The SMILES string of the molecule is COc1cc2nn(C3CCC(O)CC3)cc2cc1C(=O)Nc1cccn(C)c1=O. The van der Waals surface area contributed by atoms with E-state index in [0.717, 1.165) is 36.6 Å². The predicted molar refractivity (Wildman–Crippen MR) is 109 cm³/mol. The van der Waals surface area contributed by atoms with Gasteiger partial charge in [-0.2, -0.15) is 5.10 Å². The number of carbonyl (C=O) groups is 1. The standard InChI is InChI=1S/C21H24N4O4/c1-24-9-3-4-17(21(24)28)22-20(27)16-10-13-12-25(14-5-7-15(26)8-6-14)23-18(13)11-19(16)29-2/h3-4,9-12,14-15,26H,5-8H2,1-2H3,(H,22,27). The number of nitrogens with zero attached hydrogens (tertiary/aromatic N) is 3. The molecule has 2 N–H and O–H groups in total. The van der Waals surface area contributed by atoms with Crippen molar-refractivity contribution in [3.8, 4) is 5.75 Å². The molecule has 2 heterocycles. The quantitative estimate of drug-likeness (QED) is 0.706. The maximum atomic E-state index is 12.9. The average Bonchev–Trinajstić information content (AvgIpc) is 3.13. The highest BCUT2D eigenvalue weighted by molar-refractivity contribution is 6.08. The van der Waals surface area contributed by atoms with E-state index in [1.54, 1.807) is 37.5 Å². The lowest BCUT2D eigenvalue weighted by atomic mass is 9.93. The van der Waals surface area contributed by atoms with Crippen molar-refractivity contribution in [1.82, 2.24) is 14.3 Å². The summed E-state index contributed by atoms with van der Waals surface area (Å²) in [6, 6.07) is 6.98. The van der Waals surface area contributed by atoms with Crippen molar-refractivity contribution in [2.75, 3.05) is 12.4 Å². The highest BCUT2D eigenvalue weighted by Crippen LogP contribution is 2.31. The lowest BCUT2D eigenvalue weighted by molar-refractivity contribution is 0.102. The van der Waals surface area contributed by atoms with Crippen LogP contribution in [0.25, 0.3) is 10.9 Å². The molecule has 1 aromatic carbocycles. The number of rotatable bonds is 4. The molecule has 1 aliphatic carbocycles. The van der Waals surface area contributed by atoms with Gasteiger partial charge in [-0.25, -0.2) is 0 Å². The van der Waals surface area contributed by atoms with Gasteiger partial charge in [-0.3, -0.25) is 14.3 Å². The van der Waals surface area contributed by atoms with Crippen molar-refractivity contribution >= 4 is 22.5 Å². The topological polar surface area (TPSA) is 98.4 Å². The van der Waals surface area contributed by atoms with Crippen molar-refractivity contribution in [2.24, 2.45) is 7.05 Å². The number of pyridine rings is 1. The van der Waals surface area contributed by atoms with Gasteiger partial charge in [0, 0.05) is 30.9 Å². The molecular weight excluding hydrogens is 372 g/mol. The maximum absolute atomic E-state index is 12.9. The second kappa shape index (κ2) is 7.71. The number of hydrogen-bond acceptors (Lipinski definition) is 5. The Bertz CT molecular complexity index is 1110. The first-order valence-electron chi connectivity index (χ1n) is 9.68. The van der Waals surface area contributed by atoms with Gasteiger partial charge < -0.3 is 19.7 Å². The molecule has 0 aliphatic heterocycles. The van der Waals surface area contributed by atoms with Gasteiger partial charge in [-0.05, 0) is 43.9 Å². The number of methoxy groups -OCH3 is 1. The molecule has 1 aliphatic rings. The van der Waals surface area contributed by atoms with Crippen molar-refractivity contribution in [2.45, 2.75) is 37.8 Å². The van der Waals surface area contributed by atoms with Crippen LogP contribution < -0.4 is 15.6 Å². The summed E-state index contributed by atoms with van der Waals surface area (Å²) in [6.07, 6.45) is 6.61. The van der Waals surface area contributed by atoms with Crippen LogP contribution in [0, 0.1) is 0 Å². The Labute approximate surface area is 167 Å². The predicted octanol–water partition coefficient (Wildman–Crippen LogP) is 2.47. The fourth-order valence-corrected chi connectivity index (χ4v) is 3.81. The summed E-state index contributed by atoms with van der Waals surface area (Å²) in [4.78, 5) is 25.0. The van der Waals surface area contributed by atoms with E-state index in [1.165, 1.54) is 11.7 Å². The second-order valence-electron chi connectivity index (χ2n) is 7.47. The zero-order valence-corrected chi connectivity index (χ0v) is 16.5. The number of fused-ring (bicyclic) bond motifs is 1. The Hall–Kier alpha value is -3.13. The maximum Gasteiger partial charge on any atom is 0.274 e. The molecule has 0 atom stereocenters. The summed E-state index contributed by atoms with van der Waals surface area (Å²) in [7, 11) is 3.13. The summed E-state index contributed by atoms with van der Waals surface area (Å²) in [5.41, 5.74) is 0.997. The lowest BCUT2D eigenvalue weighted by Crippen LogP contribution is -2.23. The lowest BCUT2D eigenvalue weighted by Gasteiger charge is -2.25. The molecule has 152 valence electrons. The molecule has 0 saturated heterocycles. The molecule has 2 aromatic heterocycles. The number of aryl methyl sites for hydroxylation is 1. The monoisotopic (exact) mass is 396 g/mol. The fraction of sp³-hybridized carbons (Fsp3) is 0.381. The third-order valence-electron chi connectivity index (χ3n) is 5.50. The number of carbonyl (C=O) groups excluding carboxylic acids is 1. The zero-order valence-electron chi connectivity index (χ0n) is 16.5. The number of hydrogen-bond donors (Lipinski definition) is 2. The van der Waals surface area contributed by atoms with E-state index in [2.05, 4.69) is 10.4 Å². The Morgan fingerprint density at radius 1 is 1.28 bits per heavy atom. The molecule has 8 heteroatoms. The Kier molecular flexibility index (Phi) is 5.10. The molecule has 8 nitrogen and oxygen atoms in total. The van der Waals surface area contributed by atoms with Gasteiger partial charge in [0.2, 0.25) is 0 Å². The van der Waals surface area contributed by atoms with Crippen LogP contribution in [0.15, 0.2) is 41.5 Å². The molecule has 1 saturated carbocycles. The third-order valence-corrected chi connectivity index (χ3v) is 5.50. The molecule has 0 radical (unpaired) electrons. The molecule has 0 unspecified atom stereocenters. The van der Waals surface area contributed by atoms with E-state index >= 15 is 0 Å². The normalized spacial score (nSPS) is 19.3. The minimum Gasteiger partial charge on any atom is -0.496 e. The number of anilines is 1. The van der Waals surface area contributed by atoms with Crippen molar-refractivity contribution in [1.29, 1.82) is 0 Å². The van der Waals surface area contributed by atoms with E-state index in [4.69, 9.17) is 4.74 Å². The number of benzene rings is 1. The van der Waals surface area contributed by atoms with E-state index in [0.29, 0.717) is 11.3 Å². The Morgan fingerprint density at radius 2 is 2.03 bits per heavy atom. The largest absolute Gasteiger partial charge is 0.496 e. The van der Waals surface area contributed by atoms with Gasteiger partial charge in [0.05, 0.1) is 30.3 Å². The van der Waals surface area contributed by atoms with E-state index in [-0.39, 0.29) is 23.4 Å². The van der Waals surface area contributed by atoms with Gasteiger partial charge in [0.25, 0.3) is 11.5 Å². The van der Waals surface area contributed by atoms with Crippen LogP contribution in [0.4, 0.5) is 5.69 Å². The highest BCUT2D eigenvalue weighted by atomic mass is 16.5. The molecule has 0 spiro atoms. The number of nitrogens with one attached hydrogen (secondary N) is 1. The molecule has 1 amide bonds. The number of aliphatic hydroxyl groups is 1. The molecule has 29 heavy (non-hydrogen) atoms. The summed E-state index contributed by atoms with van der Waals surface area (Å²) >= 11 is 0. The van der Waals surface area contributed by atoms with Crippen LogP contribution in [0.1, 0.15) is 42.1 Å². The van der Waals surface area contributed by atoms with Crippen LogP contribution in [0.5, 0.6) is 5.75 Å². The Morgan fingerprint density at radius 3 is 2.76 bits per heavy atom. The number of ether oxygens (including phenoxy) is 1. The summed E-state index contributed by atoms with van der Waals surface area (Å²) in [6.45, 7) is 0. The van der Waals surface area contributed by atoms with E-state index in [9.17, 15) is 14.7 Å². The van der Waals surface area contributed by atoms with Crippen LogP contribution in [-0.2, 0) is 7.05 Å². The van der Waals surface area contributed by atoms with Crippen LogP contribution in [0.3, 0.4) is 0 Å². The van der Waals surface area contributed by atoms with Crippen molar-refractivity contribution in [3.05, 3.63) is 52.6 Å². The van der Waals surface area contributed by atoms with Crippen molar-refractivity contribution < 1.29 is 14.6 Å². The molecule has 3 aromatic rings. The first-order chi connectivity index (χ1) is 14.0. The van der Waals surface area contributed by atoms with Gasteiger partial charge in [-0.1, -0.05) is 0 Å².